The molecule has 6 atom stereocenters. The minimum absolute atomic E-state index is 0.868. The van der Waals surface area contributed by atoms with Crippen LogP contribution in [0.4, 0.5) is 0 Å². The molecule has 0 bridgehead atoms. The first-order chi connectivity index (χ1) is 7.15. The van der Waals surface area contributed by atoms with Crippen molar-refractivity contribution in [2.45, 2.75) is 29.9 Å². The van der Waals surface area contributed by atoms with Gasteiger partial charge in [0.25, 0.3) is 5.53 Å². The highest BCUT2D eigenvalue weighted by Crippen LogP contribution is 2.42. The van der Waals surface area contributed by atoms with Crippen molar-refractivity contribution in [3.05, 3.63) is 0 Å². The lowest BCUT2D eigenvalue weighted by molar-refractivity contribution is -0.311. The molecule has 1 saturated heterocycles. The van der Waals surface area contributed by atoms with E-state index in [1.807, 2.05) is 0 Å². The Bertz CT molecular complexity index is 305. The maximum Gasteiger partial charge on any atom is 0.271 e. The maximum absolute atomic E-state index is 11.0. The molecule has 0 saturated carbocycles. The molecule has 1 heterocycles. The van der Waals surface area contributed by atoms with Crippen LogP contribution in [0, 0.1) is 0 Å². The van der Waals surface area contributed by atoms with E-state index in [9.17, 15) is 25.0 Å². The molecular weight excluding hydrogens is 231 g/mol. The summed E-state index contributed by atoms with van der Waals surface area (Å²) < 4.78 is 22.2. The Kier molecular flexibility index (Phi) is 3.39. The average molecular weight is 245 g/mol. The van der Waals surface area contributed by atoms with Gasteiger partial charge in [-0.3, -0.25) is 4.57 Å². The Morgan fingerprint density at radius 2 is 1.93 bits per heavy atom. The molecule has 90 valence electrons. The molecule has 0 spiro atoms. The van der Waals surface area contributed by atoms with Gasteiger partial charge in [-0.1, -0.05) is 0 Å². The summed E-state index contributed by atoms with van der Waals surface area (Å²) >= 11 is 0. The van der Waals surface area contributed by atoms with Crippen molar-refractivity contribution in [1.82, 2.24) is 0 Å². The van der Waals surface area contributed by atoms with Gasteiger partial charge >= 0.3 is 0 Å². The molecule has 0 aromatic carbocycles. The van der Waals surface area contributed by atoms with Crippen molar-refractivity contribution in [3.8, 4) is 0 Å². The van der Waals surface area contributed by atoms with Gasteiger partial charge in [0.15, 0.2) is 0 Å². The van der Waals surface area contributed by atoms with E-state index in [1.54, 1.807) is 0 Å². The van der Waals surface area contributed by atoms with Crippen LogP contribution in [-0.4, -0.2) is 68.3 Å². The van der Waals surface area contributed by atoms with Crippen LogP contribution in [0.2, 0.25) is 0 Å². The van der Waals surface area contributed by atoms with Gasteiger partial charge in [0.05, 0.1) is 6.61 Å². The number of hydrogen-bond acceptors (Lipinski definition) is 7. The van der Waals surface area contributed by atoms with E-state index in [2.05, 4.69) is 4.74 Å². The summed E-state index contributed by atoms with van der Waals surface area (Å²) in [7, 11) is -5.07. The Hall–Kier alpha value is -0.0500. The summed E-state index contributed by atoms with van der Waals surface area (Å²) in [6, 6.07) is 0. The largest absolute Gasteiger partial charge is 0.394 e. The van der Waals surface area contributed by atoms with E-state index >= 15 is 0 Å². The lowest BCUT2D eigenvalue weighted by atomic mass is 9.99. The average Bonchev–Trinajstić information content (AvgIpc) is 2.19. The van der Waals surface area contributed by atoms with E-state index in [0.717, 1.165) is 0 Å². The third kappa shape index (κ3) is 2.08. The van der Waals surface area contributed by atoms with Gasteiger partial charge in [-0.2, -0.15) is 0 Å². The normalized spacial score (nSPS) is 52.0. The maximum atomic E-state index is 11.0. The SMILES string of the molecule is [2H]P(=O)(O)C1(O)OC(CO)[C@@H](O)[C@H](O)[C@H]1O. The van der Waals surface area contributed by atoms with Crippen molar-refractivity contribution in [1.29, 1.82) is 1.28 Å². The van der Waals surface area contributed by atoms with E-state index in [-0.39, 0.29) is 0 Å². The number of aliphatic hydroxyl groups excluding tert-OH is 4. The fourth-order valence-electron chi connectivity index (χ4n) is 1.29. The standard InChI is InChI=1S/C6H13O8P/c7-1-2-3(8)4(9)5(10)6(11,14-2)15(12)13/h2-5,7-11,15H,1H2,(H,12,13)/t2?,3-,4+,5-,6?/m1/s1/i15D. The molecule has 1 fully saturated rings. The highest BCUT2D eigenvalue weighted by molar-refractivity contribution is 7.39. The van der Waals surface area contributed by atoms with Crippen molar-refractivity contribution in [3.63, 3.8) is 0 Å². The summed E-state index contributed by atoms with van der Waals surface area (Å²) in [5.41, 5.74) is -3.24. The Labute approximate surface area is 86.5 Å². The van der Waals surface area contributed by atoms with Gasteiger partial charge < -0.3 is 35.2 Å². The van der Waals surface area contributed by atoms with Gasteiger partial charge in [0.2, 0.25) is 7.97 Å². The smallest absolute Gasteiger partial charge is 0.271 e. The molecule has 1 aliphatic rings. The van der Waals surface area contributed by atoms with Crippen LogP contribution in [0.15, 0.2) is 0 Å². The number of hydrogen-bond donors (Lipinski definition) is 6. The molecule has 0 radical (unpaired) electrons. The Morgan fingerprint density at radius 3 is 2.33 bits per heavy atom. The lowest BCUT2D eigenvalue weighted by Gasteiger charge is -2.43. The molecule has 0 amide bonds. The molecule has 1 aliphatic heterocycles. The molecule has 9 heteroatoms. The van der Waals surface area contributed by atoms with Gasteiger partial charge in [-0.05, 0) is 0 Å². The first-order valence-corrected chi connectivity index (χ1v) is 5.27. The monoisotopic (exact) mass is 245 g/mol. The van der Waals surface area contributed by atoms with Crippen LogP contribution in [-0.2, 0) is 9.30 Å². The summed E-state index contributed by atoms with van der Waals surface area (Å²) in [4.78, 5) is 8.90. The topological polar surface area (TPSA) is 148 Å². The van der Waals surface area contributed by atoms with Crippen molar-refractivity contribution < 1.29 is 39.7 Å². The predicted molar refractivity (Wildman–Crippen MR) is 46.1 cm³/mol. The zero-order chi connectivity index (χ0) is 12.7. The fraction of sp³-hybridized carbons (Fsp3) is 1.00. The zero-order valence-electron chi connectivity index (χ0n) is 8.46. The van der Waals surface area contributed by atoms with Crippen LogP contribution >= 0.6 is 7.97 Å². The summed E-state index contributed by atoms with van der Waals surface area (Å²) in [6.45, 7) is -0.868. The highest BCUT2D eigenvalue weighted by atomic mass is 31.1. The molecule has 8 nitrogen and oxygen atoms in total. The van der Waals surface area contributed by atoms with Crippen molar-refractivity contribution in [2.24, 2.45) is 0 Å². The van der Waals surface area contributed by atoms with E-state index in [4.69, 9.17) is 11.3 Å². The van der Waals surface area contributed by atoms with Crippen LogP contribution in [0.25, 0.3) is 0 Å². The Balaban J connectivity index is 3.09. The number of ether oxygens (including phenoxy) is 1. The second-order valence-corrected chi connectivity index (χ2v) is 4.38. The van der Waals surface area contributed by atoms with E-state index in [0.29, 0.717) is 0 Å². The molecule has 3 unspecified atom stereocenters. The van der Waals surface area contributed by atoms with Crippen LogP contribution in [0.5, 0.6) is 0 Å². The quantitative estimate of drug-likeness (QED) is 0.275. The highest BCUT2D eigenvalue weighted by Gasteiger charge is 2.55. The number of aliphatic hydroxyl groups is 5. The lowest BCUT2D eigenvalue weighted by Crippen LogP contribution is -2.63. The van der Waals surface area contributed by atoms with Crippen LogP contribution in [0.3, 0.4) is 0 Å². The second-order valence-electron chi connectivity index (χ2n) is 3.20. The van der Waals surface area contributed by atoms with Crippen LogP contribution in [0.1, 0.15) is 0 Å². The summed E-state index contributed by atoms with van der Waals surface area (Å²) in [5.74, 6) is 0. The van der Waals surface area contributed by atoms with Gasteiger partial charge in [0.1, 0.15) is 25.7 Å². The third-order valence-electron chi connectivity index (χ3n) is 2.22. The fourth-order valence-corrected chi connectivity index (χ4v) is 1.90. The minimum Gasteiger partial charge on any atom is -0.394 e. The summed E-state index contributed by atoms with van der Waals surface area (Å²) in [6.07, 6.45) is -7.67. The second kappa shape index (κ2) is 4.44. The minimum atomic E-state index is -5.07. The third-order valence-corrected chi connectivity index (χ3v) is 3.14. The van der Waals surface area contributed by atoms with Crippen molar-refractivity contribution >= 4 is 7.97 Å². The molecule has 0 aromatic rings. The van der Waals surface area contributed by atoms with Gasteiger partial charge in [0, 0.05) is 0 Å². The number of rotatable bonds is 2. The molecule has 15 heavy (non-hydrogen) atoms. The molecular formula is C6H13O8P. The molecule has 0 aliphatic carbocycles. The van der Waals surface area contributed by atoms with Crippen molar-refractivity contribution in [2.75, 3.05) is 6.61 Å². The zero-order valence-corrected chi connectivity index (χ0v) is 8.36. The predicted octanol–water partition coefficient (Wildman–Crippen LogP) is -3.43. The van der Waals surface area contributed by atoms with Gasteiger partial charge in [-0.15, -0.1) is 0 Å². The van der Waals surface area contributed by atoms with E-state index in [1.165, 1.54) is 0 Å². The molecule has 0 aromatic heterocycles. The Morgan fingerprint density at radius 1 is 1.40 bits per heavy atom. The van der Waals surface area contributed by atoms with Gasteiger partial charge in [-0.25, -0.2) is 0 Å². The molecule has 6 N–H and O–H groups in total. The summed E-state index contributed by atoms with van der Waals surface area (Å²) in [5, 5.41) is 46.1. The first kappa shape index (κ1) is 11.4. The first-order valence-electron chi connectivity index (χ1n) is 4.50. The van der Waals surface area contributed by atoms with Crippen LogP contribution < -0.4 is 0 Å². The molecule has 1 rings (SSSR count). The van der Waals surface area contributed by atoms with E-state index < -0.39 is 44.5 Å².